The van der Waals surface area contributed by atoms with E-state index in [2.05, 4.69) is 4.52 Å². The Kier molecular flexibility index (Phi) is 5.84. The molecule has 0 saturated carbocycles. The third kappa shape index (κ3) is 5.17. The molecule has 1 aromatic rings. The number of aliphatic hydroxyl groups excluding tert-OH is 1. The van der Waals surface area contributed by atoms with E-state index in [1.54, 1.807) is 0 Å². The van der Waals surface area contributed by atoms with Crippen molar-refractivity contribution in [1.29, 1.82) is 0 Å². The van der Waals surface area contributed by atoms with Crippen molar-refractivity contribution in [1.82, 2.24) is 9.55 Å². The fraction of sp³-hybridized carbons (Fsp3) is 0.600. The normalized spacial score (nSPS) is 29.5. The van der Waals surface area contributed by atoms with E-state index >= 15 is 0 Å². The number of nitrogens with zero attached hydrogens (tertiary/aromatic N) is 1. The molecule has 1 aromatic heterocycles. The Morgan fingerprint density at radius 1 is 1.32 bits per heavy atom. The molecule has 5 atom stereocenters. The van der Waals surface area contributed by atoms with Gasteiger partial charge in [-0.05, 0) is 0 Å². The highest BCUT2D eigenvalue weighted by molar-refractivity contribution is 7.70. The Labute approximate surface area is 139 Å². The molecule has 0 aromatic carbocycles. The van der Waals surface area contributed by atoms with E-state index in [9.17, 15) is 28.7 Å². The minimum atomic E-state index is -4.79. The van der Waals surface area contributed by atoms with Gasteiger partial charge >= 0.3 is 20.9 Å². The maximum atomic E-state index is 11.7. The maximum Gasteiger partial charge on any atom is 0.340 e. The van der Waals surface area contributed by atoms with Crippen LogP contribution in [0.5, 0.6) is 0 Å². The van der Waals surface area contributed by atoms with Gasteiger partial charge in [0.1, 0.15) is 12.2 Å². The van der Waals surface area contributed by atoms with Crippen molar-refractivity contribution >= 4 is 15.2 Å². The van der Waals surface area contributed by atoms with Crippen LogP contribution in [0.1, 0.15) is 6.23 Å². The van der Waals surface area contributed by atoms with Crippen LogP contribution in [0, 0.1) is 0 Å². The molecule has 1 fully saturated rings. The van der Waals surface area contributed by atoms with Gasteiger partial charge < -0.3 is 34.8 Å². The van der Waals surface area contributed by atoms with E-state index < -0.39 is 63.4 Å². The summed E-state index contributed by atoms with van der Waals surface area (Å²) in [6.45, 7) is -0.697. The van der Waals surface area contributed by atoms with E-state index in [-0.39, 0.29) is 0 Å². The molecule has 142 valence electrons. The SMILES string of the molecule is N[C@@H]1[C@H](O)[C@@H](COP(=O)(O)CP(=O)(O)O)O[C@H]1n1ccc(=O)[nH]c1=O. The van der Waals surface area contributed by atoms with Gasteiger partial charge in [0.15, 0.2) is 12.1 Å². The highest BCUT2D eigenvalue weighted by atomic mass is 31.2. The Hall–Kier alpha value is -1.14. The second-order valence-corrected chi connectivity index (χ2v) is 9.38. The number of H-pyrrole nitrogens is 1. The van der Waals surface area contributed by atoms with Crippen molar-refractivity contribution in [3.63, 3.8) is 0 Å². The number of nitrogens with two attached hydrogens (primary N) is 1. The molecule has 0 radical (unpaired) electrons. The monoisotopic (exact) mass is 401 g/mol. The fourth-order valence-electron chi connectivity index (χ4n) is 2.25. The summed E-state index contributed by atoms with van der Waals surface area (Å²) in [5.41, 5.74) is 4.27. The summed E-state index contributed by atoms with van der Waals surface area (Å²) >= 11 is 0. The second kappa shape index (κ2) is 7.23. The van der Waals surface area contributed by atoms with Gasteiger partial charge in [0.05, 0.1) is 12.6 Å². The van der Waals surface area contributed by atoms with Crippen molar-refractivity contribution in [3.05, 3.63) is 33.1 Å². The summed E-state index contributed by atoms with van der Waals surface area (Å²) in [7, 11) is -9.42. The highest BCUT2D eigenvalue weighted by Gasteiger charge is 2.44. The van der Waals surface area contributed by atoms with Crippen LogP contribution >= 0.6 is 15.2 Å². The van der Waals surface area contributed by atoms with Crippen LogP contribution in [-0.2, 0) is 18.4 Å². The molecule has 2 rings (SSSR count). The molecular formula is C10H17N3O10P2. The Morgan fingerprint density at radius 3 is 2.52 bits per heavy atom. The number of rotatable bonds is 6. The van der Waals surface area contributed by atoms with Gasteiger partial charge in [0, 0.05) is 12.3 Å². The summed E-state index contributed by atoms with van der Waals surface area (Å²) in [6.07, 6.45) is -2.73. The number of ether oxygens (including phenoxy) is 1. The van der Waals surface area contributed by atoms with Crippen LogP contribution in [0.15, 0.2) is 21.9 Å². The highest BCUT2D eigenvalue weighted by Crippen LogP contribution is 2.55. The third-order valence-corrected chi connectivity index (χ3v) is 6.80. The second-order valence-electron chi connectivity index (χ2n) is 5.39. The van der Waals surface area contributed by atoms with Gasteiger partial charge in [0.2, 0.25) is 0 Å². The molecule has 13 nitrogen and oxygen atoms in total. The maximum absolute atomic E-state index is 11.7. The standard InChI is InChI=1S/C10H17N3O10P2/c11-7-8(15)5(3-22-25(20,21)4-24(17,18)19)23-9(7)13-2-1-6(14)12-10(13)16/h1-2,5,7-9,15H,3-4,11H2,(H,20,21)(H,12,14,16)(H2,17,18,19)/t5-,7-,8-,9-/m1/s1. The van der Waals surface area contributed by atoms with Crippen molar-refractivity contribution in [3.8, 4) is 0 Å². The molecule has 7 N–H and O–H groups in total. The van der Waals surface area contributed by atoms with Crippen LogP contribution in [-0.4, -0.2) is 60.1 Å². The molecular weight excluding hydrogens is 384 g/mol. The summed E-state index contributed by atoms with van der Waals surface area (Å²) < 4.78 is 33.2. The van der Waals surface area contributed by atoms with Gasteiger partial charge in [-0.1, -0.05) is 0 Å². The largest absolute Gasteiger partial charge is 0.389 e. The minimum Gasteiger partial charge on any atom is -0.389 e. The van der Waals surface area contributed by atoms with E-state index in [0.29, 0.717) is 0 Å². The zero-order valence-corrected chi connectivity index (χ0v) is 14.3. The molecule has 0 aliphatic carbocycles. The first-order valence-corrected chi connectivity index (χ1v) is 10.4. The number of aromatic amines is 1. The number of aromatic nitrogens is 2. The van der Waals surface area contributed by atoms with Crippen molar-refractivity contribution < 1.29 is 38.2 Å². The molecule has 0 spiro atoms. The van der Waals surface area contributed by atoms with Gasteiger partial charge in [-0.3, -0.25) is 23.5 Å². The molecule has 1 unspecified atom stereocenters. The first kappa shape index (κ1) is 20.2. The summed E-state index contributed by atoms with van der Waals surface area (Å²) in [4.78, 5) is 51.6. The van der Waals surface area contributed by atoms with Crippen LogP contribution < -0.4 is 17.0 Å². The van der Waals surface area contributed by atoms with E-state index in [1.807, 2.05) is 4.98 Å². The average molecular weight is 401 g/mol. The predicted octanol–water partition coefficient (Wildman–Crippen LogP) is -2.54. The van der Waals surface area contributed by atoms with Gasteiger partial charge in [-0.15, -0.1) is 0 Å². The van der Waals surface area contributed by atoms with E-state index in [1.165, 1.54) is 0 Å². The molecule has 2 heterocycles. The average Bonchev–Trinajstić information content (AvgIpc) is 2.71. The van der Waals surface area contributed by atoms with Gasteiger partial charge in [0.25, 0.3) is 5.56 Å². The van der Waals surface area contributed by atoms with Crippen molar-refractivity contribution in [2.75, 3.05) is 12.5 Å². The lowest BCUT2D eigenvalue weighted by atomic mass is 10.1. The zero-order chi connectivity index (χ0) is 19.0. The third-order valence-electron chi connectivity index (χ3n) is 3.35. The number of hydrogen-bond donors (Lipinski definition) is 6. The number of aliphatic hydroxyl groups is 1. The van der Waals surface area contributed by atoms with Gasteiger partial charge in [-0.25, -0.2) is 4.79 Å². The fourth-order valence-corrected chi connectivity index (χ4v) is 4.82. The summed E-state index contributed by atoms with van der Waals surface area (Å²) in [6, 6.07) is -0.0904. The molecule has 15 heteroatoms. The molecule has 0 amide bonds. The quantitative estimate of drug-likeness (QED) is 0.273. The lowest BCUT2D eigenvalue weighted by Crippen LogP contribution is -2.43. The smallest absolute Gasteiger partial charge is 0.340 e. The molecule has 1 saturated heterocycles. The Balaban J connectivity index is 2.09. The summed E-state index contributed by atoms with van der Waals surface area (Å²) in [5.74, 6) is -1.39. The Morgan fingerprint density at radius 2 is 1.96 bits per heavy atom. The Bertz CT molecular complexity index is 831. The topological polar surface area (TPSA) is 214 Å². The van der Waals surface area contributed by atoms with Crippen LogP contribution in [0.4, 0.5) is 0 Å². The van der Waals surface area contributed by atoms with Gasteiger partial charge in [-0.2, -0.15) is 0 Å². The predicted molar refractivity (Wildman–Crippen MR) is 81.9 cm³/mol. The van der Waals surface area contributed by atoms with Crippen molar-refractivity contribution in [2.24, 2.45) is 5.73 Å². The van der Waals surface area contributed by atoms with Crippen molar-refractivity contribution in [2.45, 2.75) is 24.5 Å². The summed E-state index contributed by atoms with van der Waals surface area (Å²) in [5, 5.41) is 10.0. The number of nitrogens with one attached hydrogen (secondary N) is 1. The van der Waals surface area contributed by atoms with E-state index in [4.69, 9.17) is 20.3 Å². The first-order valence-electron chi connectivity index (χ1n) is 6.81. The van der Waals surface area contributed by atoms with E-state index in [0.717, 1.165) is 16.8 Å². The molecule has 1 aliphatic heterocycles. The minimum absolute atomic E-state index is 0.646. The van der Waals surface area contributed by atoms with Crippen LogP contribution in [0.2, 0.25) is 0 Å². The molecule has 1 aliphatic rings. The number of hydrogen-bond acceptors (Lipinski definition) is 8. The zero-order valence-electron chi connectivity index (χ0n) is 12.5. The lowest BCUT2D eigenvalue weighted by Gasteiger charge is -2.18. The van der Waals surface area contributed by atoms with Crippen LogP contribution in [0.25, 0.3) is 0 Å². The first-order chi connectivity index (χ1) is 11.4. The van der Waals surface area contributed by atoms with Crippen LogP contribution in [0.3, 0.4) is 0 Å². The molecule has 25 heavy (non-hydrogen) atoms. The molecule has 0 bridgehead atoms. The lowest BCUT2D eigenvalue weighted by molar-refractivity contribution is -0.0429.